The molecule has 2 N–H and O–H groups in total. The van der Waals surface area contributed by atoms with Crippen LogP contribution < -0.4 is 10.6 Å². The first-order valence-electron chi connectivity index (χ1n) is 7.27. The summed E-state index contributed by atoms with van der Waals surface area (Å²) >= 11 is 1.57. The van der Waals surface area contributed by atoms with Crippen LogP contribution in [0.25, 0.3) is 0 Å². The Morgan fingerprint density at radius 2 is 1.90 bits per heavy atom. The molecule has 1 rings (SSSR count). The molecule has 0 saturated heterocycles. The van der Waals surface area contributed by atoms with Gasteiger partial charge in [-0.15, -0.1) is 11.8 Å². The number of rotatable bonds is 8. The molecule has 21 heavy (non-hydrogen) atoms. The van der Waals surface area contributed by atoms with Crippen LogP contribution in [0.4, 0.5) is 0 Å². The summed E-state index contributed by atoms with van der Waals surface area (Å²) in [5, 5.41) is 5.58. The van der Waals surface area contributed by atoms with Gasteiger partial charge in [-0.1, -0.05) is 31.0 Å². The van der Waals surface area contributed by atoms with Gasteiger partial charge < -0.3 is 10.6 Å². The standard InChI is InChI=1S/C16H24N2O2S/c1-4-5-10-17-16(20)15(18-13(3)19)11-21-14-8-6-12(2)7-9-14/h6-9,15H,4-5,10-11H2,1-3H3,(H,17,20)(H,18,19). The van der Waals surface area contributed by atoms with E-state index in [0.717, 1.165) is 17.7 Å². The van der Waals surface area contributed by atoms with E-state index in [0.29, 0.717) is 12.3 Å². The quantitative estimate of drug-likeness (QED) is 0.573. The number of hydrogen-bond acceptors (Lipinski definition) is 3. The lowest BCUT2D eigenvalue weighted by Gasteiger charge is -2.17. The van der Waals surface area contributed by atoms with Gasteiger partial charge in [-0.05, 0) is 25.5 Å². The first-order valence-corrected chi connectivity index (χ1v) is 8.25. The molecule has 0 radical (unpaired) electrons. The summed E-state index contributed by atoms with van der Waals surface area (Å²) in [5.74, 6) is 0.231. The third-order valence-electron chi connectivity index (χ3n) is 2.96. The molecule has 0 saturated carbocycles. The molecule has 0 aliphatic carbocycles. The van der Waals surface area contributed by atoms with Crippen molar-refractivity contribution >= 4 is 23.6 Å². The molecular weight excluding hydrogens is 284 g/mol. The Hall–Kier alpha value is -1.49. The molecule has 1 aromatic carbocycles. The van der Waals surface area contributed by atoms with Crippen LogP contribution in [0.3, 0.4) is 0 Å². The number of unbranched alkanes of at least 4 members (excludes halogenated alkanes) is 1. The van der Waals surface area contributed by atoms with Gasteiger partial charge in [-0.25, -0.2) is 0 Å². The molecule has 1 unspecified atom stereocenters. The van der Waals surface area contributed by atoms with Gasteiger partial charge in [-0.3, -0.25) is 9.59 Å². The van der Waals surface area contributed by atoms with Crippen LogP contribution in [0.2, 0.25) is 0 Å². The number of amides is 2. The highest BCUT2D eigenvalue weighted by Gasteiger charge is 2.19. The molecule has 0 aliphatic rings. The molecular formula is C16H24N2O2S. The second-order valence-corrected chi connectivity index (χ2v) is 6.12. The van der Waals surface area contributed by atoms with E-state index in [9.17, 15) is 9.59 Å². The second-order valence-electron chi connectivity index (χ2n) is 5.02. The first kappa shape index (κ1) is 17.6. The Kier molecular flexibility index (Phi) is 7.90. The minimum Gasteiger partial charge on any atom is -0.354 e. The van der Waals surface area contributed by atoms with E-state index >= 15 is 0 Å². The average Bonchev–Trinajstić information content (AvgIpc) is 2.45. The lowest BCUT2D eigenvalue weighted by Crippen LogP contribution is -2.47. The lowest BCUT2D eigenvalue weighted by atomic mass is 10.2. The zero-order valence-electron chi connectivity index (χ0n) is 12.9. The van der Waals surface area contributed by atoms with E-state index < -0.39 is 6.04 Å². The Morgan fingerprint density at radius 1 is 1.24 bits per heavy atom. The van der Waals surface area contributed by atoms with Crippen molar-refractivity contribution < 1.29 is 9.59 Å². The smallest absolute Gasteiger partial charge is 0.243 e. The highest BCUT2D eigenvalue weighted by molar-refractivity contribution is 7.99. The van der Waals surface area contributed by atoms with Crippen LogP contribution in [-0.4, -0.2) is 30.2 Å². The molecule has 116 valence electrons. The zero-order valence-corrected chi connectivity index (χ0v) is 13.8. The molecule has 0 spiro atoms. The van der Waals surface area contributed by atoms with Crippen molar-refractivity contribution in [3.05, 3.63) is 29.8 Å². The molecule has 0 aromatic heterocycles. The third kappa shape index (κ3) is 7.18. The highest BCUT2D eigenvalue weighted by Crippen LogP contribution is 2.19. The summed E-state index contributed by atoms with van der Waals surface area (Å²) in [4.78, 5) is 24.4. The van der Waals surface area contributed by atoms with Crippen molar-refractivity contribution in [2.45, 2.75) is 44.6 Å². The monoisotopic (exact) mass is 308 g/mol. The fraction of sp³-hybridized carbons (Fsp3) is 0.500. The molecule has 0 aliphatic heterocycles. The summed E-state index contributed by atoms with van der Waals surface area (Å²) in [6.07, 6.45) is 1.98. The maximum atomic E-state index is 12.1. The SMILES string of the molecule is CCCCNC(=O)C(CSc1ccc(C)cc1)NC(C)=O. The highest BCUT2D eigenvalue weighted by atomic mass is 32.2. The second kappa shape index (κ2) is 9.45. The van der Waals surface area contributed by atoms with Crippen LogP contribution >= 0.6 is 11.8 Å². The van der Waals surface area contributed by atoms with Gasteiger partial charge in [0.05, 0.1) is 0 Å². The number of carbonyl (C=O) groups is 2. The van der Waals surface area contributed by atoms with Crippen LogP contribution in [0.15, 0.2) is 29.2 Å². The molecule has 0 bridgehead atoms. The minimum atomic E-state index is -0.495. The van der Waals surface area contributed by atoms with E-state index in [1.807, 2.05) is 31.2 Å². The topological polar surface area (TPSA) is 58.2 Å². The predicted octanol–water partition coefficient (Wildman–Crippen LogP) is 2.51. The van der Waals surface area contributed by atoms with Gasteiger partial charge in [0.15, 0.2) is 0 Å². The van der Waals surface area contributed by atoms with E-state index in [2.05, 4.69) is 17.6 Å². The van der Waals surface area contributed by atoms with E-state index in [-0.39, 0.29) is 11.8 Å². The Bertz CT molecular complexity index is 460. The predicted molar refractivity (Wildman–Crippen MR) is 87.4 cm³/mol. The van der Waals surface area contributed by atoms with Gasteiger partial charge in [-0.2, -0.15) is 0 Å². The largest absolute Gasteiger partial charge is 0.354 e. The molecule has 1 atom stereocenters. The van der Waals surface area contributed by atoms with Crippen molar-refractivity contribution in [1.29, 1.82) is 0 Å². The number of benzene rings is 1. The van der Waals surface area contributed by atoms with Crippen LogP contribution in [0.5, 0.6) is 0 Å². The van der Waals surface area contributed by atoms with Crippen LogP contribution in [0.1, 0.15) is 32.3 Å². The lowest BCUT2D eigenvalue weighted by molar-refractivity contribution is -0.127. The van der Waals surface area contributed by atoms with Gasteiger partial charge >= 0.3 is 0 Å². The van der Waals surface area contributed by atoms with Crippen LogP contribution in [-0.2, 0) is 9.59 Å². The molecule has 5 heteroatoms. The number of thioether (sulfide) groups is 1. The summed E-state index contributed by atoms with van der Waals surface area (Å²) in [6, 6.07) is 7.64. The molecule has 2 amide bonds. The maximum Gasteiger partial charge on any atom is 0.243 e. The summed E-state index contributed by atoms with van der Waals surface area (Å²) < 4.78 is 0. The summed E-state index contributed by atoms with van der Waals surface area (Å²) in [6.45, 7) is 6.20. The molecule has 0 fully saturated rings. The van der Waals surface area contributed by atoms with Gasteiger partial charge in [0.2, 0.25) is 11.8 Å². The maximum absolute atomic E-state index is 12.1. The van der Waals surface area contributed by atoms with Crippen LogP contribution in [0, 0.1) is 6.92 Å². The summed E-state index contributed by atoms with van der Waals surface area (Å²) in [7, 11) is 0. The van der Waals surface area contributed by atoms with Gasteiger partial charge in [0, 0.05) is 24.1 Å². The fourth-order valence-corrected chi connectivity index (χ4v) is 2.68. The normalized spacial score (nSPS) is 11.8. The van der Waals surface area contributed by atoms with Gasteiger partial charge in [0.1, 0.15) is 6.04 Å². The molecule has 0 heterocycles. The first-order chi connectivity index (χ1) is 10.0. The number of hydrogen-bond donors (Lipinski definition) is 2. The summed E-state index contributed by atoms with van der Waals surface area (Å²) in [5.41, 5.74) is 1.20. The van der Waals surface area contributed by atoms with Crippen molar-refractivity contribution in [2.24, 2.45) is 0 Å². The third-order valence-corrected chi connectivity index (χ3v) is 4.07. The van der Waals surface area contributed by atoms with Gasteiger partial charge in [0.25, 0.3) is 0 Å². The van der Waals surface area contributed by atoms with E-state index in [1.54, 1.807) is 11.8 Å². The van der Waals surface area contributed by atoms with Crippen molar-refractivity contribution in [3.8, 4) is 0 Å². The molecule has 1 aromatic rings. The zero-order chi connectivity index (χ0) is 15.7. The minimum absolute atomic E-state index is 0.113. The van der Waals surface area contributed by atoms with E-state index in [1.165, 1.54) is 12.5 Å². The van der Waals surface area contributed by atoms with E-state index in [4.69, 9.17) is 0 Å². The van der Waals surface area contributed by atoms with Crippen molar-refractivity contribution in [3.63, 3.8) is 0 Å². The number of aryl methyl sites for hydroxylation is 1. The number of nitrogens with one attached hydrogen (secondary N) is 2. The van der Waals surface area contributed by atoms with Crippen molar-refractivity contribution in [1.82, 2.24) is 10.6 Å². The Labute approximate surface area is 131 Å². The average molecular weight is 308 g/mol. The number of carbonyl (C=O) groups excluding carboxylic acids is 2. The fourth-order valence-electron chi connectivity index (χ4n) is 1.75. The Balaban J connectivity index is 2.54. The van der Waals surface area contributed by atoms with Crippen molar-refractivity contribution in [2.75, 3.05) is 12.3 Å². The Morgan fingerprint density at radius 3 is 2.48 bits per heavy atom. The molecule has 4 nitrogen and oxygen atoms in total.